The lowest BCUT2D eigenvalue weighted by Gasteiger charge is -2.22. The first-order chi connectivity index (χ1) is 9.49. The van der Waals surface area contributed by atoms with Crippen LogP contribution in [0.25, 0.3) is 11.4 Å². The molecule has 0 saturated carbocycles. The van der Waals surface area contributed by atoms with Crippen molar-refractivity contribution in [1.82, 2.24) is 14.8 Å². The van der Waals surface area contributed by atoms with Gasteiger partial charge in [-0.05, 0) is 17.4 Å². The number of aromatic nitrogens is 3. The van der Waals surface area contributed by atoms with Gasteiger partial charge < -0.3 is 10.3 Å². The van der Waals surface area contributed by atoms with Gasteiger partial charge in [-0.3, -0.25) is 0 Å². The van der Waals surface area contributed by atoms with Crippen LogP contribution in [-0.2, 0) is 18.5 Å². The summed E-state index contributed by atoms with van der Waals surface area (Å²) in [5.74, 6) is 1.78. The van der Waals surface area contributed by atoms with Gasteiger partial charge in [0.2, 0.25) is 0 Å². The molecule has 0 bridgehead atoms. The maximum Gasteiger partial charge on any atom is 0.164 e. The van der Waals surface area contributed by atoms with Gasteiger partial charge in [-0.15, -0.1) is 10.2 Å². The van der Waals surface area contributed by atoms with Crippen molar-refractivity contribution < 1.29 is 0 Å². The molecular formula is C16H24N4. The van der Waals surface area contributed by atoms with Gasteiger partial charge >= 0.3 is 0 Å². The van der Waals surface area contributed by atoms with Crippen LogP contribution in [0.1, 0.15) is 45.5 Å². The lowest BCUT2D eigenvalue weighted by Crippen LogP contribution is -2.15. The Balaban J connectivity index is 2.60. The van der Waals surface area contributed by atoms with Crippen molar-refractivity contribution in [3.05, 3.63) is 35.7 Å². The molecular weight excluding hydrogens is 248 g/mol. The topological polar surface area (TPSA) is 56.7 Å². The highest BCUT2D eigenvalue weighted by Gasteiger charge is 2.22. The van der Waals surface area contributed by atoms with Crippen LogP contribution < -0.4 is 5.73 Å². The second-order valence-electron chi connectivity index (χ2n) is 6.09. The monoisotopic (exact) mass is 272 g/mol. The molecule has 1 heterocycles. The summed E-state index contributed by atoms with van der Waals surface area (Å²) in [6, 6.07) is 8.42. The van der Waals surface area contributed by atoms with Gasteiger partial charge in [-0.25, -0.2) is 0 Å². The number of hydrogen-bond acceptors (Lipinski definition) is 3. The minimum absolute atomic E-state index is 0.0719. The maximum atomic E-state index is 5.77. The van der Waals surface area contributed by atoms with Gasteiger partial charge in [0, 0.05) is 12.1 Å². The lowest BCUT2D eigenvalue weighted by atomic mass is 9.83. The standard InChI is InChI=1S/C16H24N4/c1-5-10-20-14(11-17)18-19-15(20)12-8-6-7-9-13(12)16(2,3)4/h6-9H,5,10-11,17H2,1-4H3. The molecule has 0 aliphatic carbocycles. The zero-order valence-electron chi connectivity index (χ0n) is 12.8. The second kappa shape index (κ2) is 5.75. The van der Waals surface area contributed by atoms with E-state index in [0.717, 1.165) is 30.2 Å². The Kier molecular flexibility index (Phi) is 4.23. The highest BCUT2D eigenvalue weighted by atomic mass is 15.3. The molecule has 2 rings (SSSR count). The summed E-state index contributed by atoms with van der Waals surface area (Å²) in [6.07, 6.45) is 1.04. The maximum absolute atomic E-state index is 5.77. The second-order valence-corrected chi connectivity index (χ2v) is 6.09. The quantitative estimate of drug-likeness (QED) is 0.930. The van der Waals surface area contributed by atoms with Crippen LogP contribution in [0.2, 0.25) is 0 Å². The summed E-state index contributed by atoms with van der Waals surface area (Å²) >= 11 is 0. The molecule has 0 atom stereocenters. The molecule has 0 aliphatic heterocycles. The van der Waals surface area contributed by atoms with Gasteiger partial charge in [-0.2, -0.15) is 0 Å². The van der Waals surface area contributed by atoms with Gasteiger partial charge in [0.05, 0.1) is 6.54 Å². The Morgan fingerprint density at radius 2 is 1.85 bits per heavy atom. The summed E-state index contributed by atoms with van der Waals surface area (Å²) in [5, 5.41) is 8.62. The molecule has 0 fully saturated rings. The van der Waals surface area contributed by atoms with Crippen LogP contribution in [0, 0.1) is 0 Å². The summed E-state index contributed by atoms with van der Waals surface area (Å²) in [7, 11) is 0. The molecule has 2 aromatic rings. The Labute approximate surface area is 121 Å². The van der Waals surface area contributed by atoms with Crippen LogP contribution in [-0.4, -0.2) is 14.8 Å². The van der Waals surface area contributed by atoms with Gasteiger partial charge in [0.25, 0.3) is 0 Å². The molecule has 1 aromatic carbocycles. The van der Waals surface area contributed by atoms with Crippen molar-refractivity contribution in [3.63, 3.8) is 0 Å². The average Bonchev–Trinajstić information content (AvgIpc) is 2.81. The van der Waals surface area contributed by atoms with E-state index < -0.39 is 0 Å². The van der Waals surface area contributed by atoms with E-state index in [1.807, 2.05) is 0 Å². The minimum Gasteiger partial charge on any atom is -0.324 e. The molecule has 4 heteroatoms. The molecule has 0 radical (unpaired) electrons. The van der Waals surface area contributed by atoms with Crippen molar-refractivity contribution in [2.24, 2.45) is 5.73 Å². The van der Waals surface area contributed by atoms with E-state index in [-0.39, 0.29) is 5.41 Å². The predicted octanol–water partition coefficient (Wildman–Crippen LogP) is 3.11. The largest absolute Gasteiger partial charge is 0.324 e. The molecule has 0 unspecified atom stereocenters. The van der Waals surface area contributed by atoms with Crippen molar-refractivity contribution in [3.8, 4) is 11.4 Å². The van der Waals surface area contributed by atoms with Crippen molar-refractivity contribution in [2.45, 2.75) is 52.6 Å². The van der Waals surface area contributed by atoms with Crippen LogP contribution in [0.4, 0.5) is 0 Å². The summed E-state index contributed by atoms with van der Waals surface area (Å²) < 4.78 is 2.14. The highest BCUT2D eigenvalue weighted by molar-refractivity contribution is 5.62. The predicted molar refractivity (Wildman–Crippen MR) is 82.3 cm³/mol. The smallest absolute Gasteiger partial charge is 0.164 e. The van der Waals surface area contributed by atoms with Crippen LogP contribution in [0.15, 0.2) is 24.3 Å². The fourth-order valence-electron chi connectivity index (χ4n) is 2.48. The number of rotatable bonds is 4. The Hall–Kier alpha value is -1.68. The Morgan fingerprint density at radius 1 is 1.15 bits per heavy atom. The van der Waals surface area contributed by atoms with Crippen LogP contribution >= 0.6 is 0 Å². The summed E-state index contributed by atoms with van der Waals surface area (Å²) in [5.41, 5.74) is 8.28. The molecule has 0 amide bonds. The van der Waals surface area contributed by atoms with Crippen LogP contribution in [0.5, 0.6) is 0 Å². The third-order valence-electron chi connectivity index (χ3n) is 3.43. The molecule has 0 aliphatic rings. The molecule has 4 nitrogen and oxygen atoms in total. The Bertz CT molecular complexity index is 578. The fourth-order valence-corrected chi connectivity index (χ4v) is 2.48. The zero-order valence-corrected chi connectivity index (χ0v) is 12.8. The molecule has 108 valence electrons. The molecule has 0 spiro atoms. The first-order valence-electron chi connectivity index (χ1n) is 7.21. The third kappa shape index (κ3) is 2.75. The molecule has 20 heavy (non-hydrogen) atoms. The lowest BCUT2D eigenvalue weighted by molar-refractivity contribution is 0.589. The van der Waals surface area contributed by atoms with E-state index in [4.69, 9.17) is 5.73 Å². The SMILES string of the molecule is CCCn1c(CN)nnc1-c1ccccc1C(C)(C)C. The van der Waals surface area contributed by atoms with E-state index in [1.54, 1.807) is 0 Å². The number of nitrogens with zero attached hydrogens (tertiary/aromatic N) is 3. The van der Waals surface area contributed by atoms with Gasteiger partial charge in [-0.1, -0.05) is 52.0 Å². The molecule has 0 saturated heterocycles. The fraction of sp³-hybridized carbons (Fsp3) is 0.500. The van der Waals surface area contributed by atoms with E-state index in [1.165, 1.54) is 5.56 Å². The van der Waals surface area contributed by atoms with E-state index in [2.05, 4.69) is 66.7 Å². The molecule has 2 N–H and O–H groups in total. The first kappa shape index (κ1) is 14.7. The highest BCUT2D eigenvalue weighted by Crippen LogP contribution is 2.32. The first-order valence-corrected chi connectivity index (χ1v) is 7.21. The Morgan fingerprint density at radius 3 is 2.45 bits per heavy atom. The average molecular weight is 272 g/mol. The van der Waals surface area contributed by atoms with Gasteiger partial charge in [0.15, 0.2) is 5.82 Å². The summed E-state index contributed by atoms with van der Waals surface area (Å²) in [4.78, 5) is 0. The van der Waals surface area contributed by atoms with Crippen molar-refractivity contribution in [2.75, 3.05) is 0 Å². The van der Waals surface area contributed by atoms with Crippen molar-refractivity contribution >= 4 is 0 Å². The molecule has 1 aromatic heterocycles. The van der Waals surface area contributed by atoms with E-state index in [0.29, 0.717) is 6.54 Å². The van der Waals surface area contributed by atoms with Gasteiger partial charge in [0.1, 0.15) is 5.82 Å². The van der Waals surface area contributed by atoms with E-state index in [9.17, 15) is 0 Å². The number of hydrogen-bond donors (Lipinski definition) is 1. The zero-order chi connectivity index (χ0) is 14.8. The normalized spacial score (nSPS) is 11.8. The third-order valence-corrected chi connectivity index (χ3v) is 3.43. The summed E-state index contributed by atoms with van der Waals surface area (Å²) in [6.45, 7) is 10.1. The number of nitrogens with two attached hydrogens (primary N) is 1. The number of benzene rings is 1. The van der Waals surface area contributed by atoms with Crippen molar-refractivity contribution in [1.29, 1.82) is 0 Å². The van der Waals surface area contributed by atoms with Crippen LogP contribution in [0.3, 0.4) is 0 Å². The minimum atomic E-state index is 0.0719. The van der Waals surface area contributed by atoms with E-state index >= 15 is 0 Å².